The predicted molar refractivity (Wildman–Crippen MR) is 61.1 cm³/mol. The molecule has 0 saturated carbocycles. The third-order valence-electron chi connectivity index (χ3n) is 2.03. The van der Waals surface area contributed by atoms with Crippen LogP contribution in [0.5, 0.6) is 0 Å². The summed E-state index contributed by atoms with van der Waals surface area (Å²) in [5.74, 6) is -1.20. The van der Waals surface area contributed by atoms with Gasteiger partial charge in [-0.15, -0.1) is 6.58 Å². The van der Waals surface area contributed by atoms with Gasteiger partial charge in [0.05, 0.1) is 4.92 Å². The Balaban J connectivity index is 3.17. The highest BCUT2D eigenvalue weighted by Gasteiger charge is 2.17. The Morgan fingerprint density at radius 1 is 1.76 bits per heavy atom. The molecular weight excluding hydrogens is 226 g/mol. The van der Waals surface area contributed by atoms with Crippen LogP contribution in [0.4, 0.5) is 11.5 Å². The average molecular weight is 237 g/mol. The van der Waals surface area contributed by atoms with Crippen molar-refractivity contribution in [3.05, 3.63) is 40.6 Å². The fourth-order valence-corrected chi connectivity index (χ4v) is 1.11. The first-order chi connectivity index (χ1) is 7.95. The fourth-order valence-electron chi connectivity index (χ4n) is 1.11. The number of carboxylic acids is 1. The number of anilines is 1. The van der Waals surface area contributed by atoms with Gasteiger partial charge in [0, 0.05) is 12.1 Å². The van der Waals surface area contributed by atoms with E-state index in [1.807, 2.05) is 0 Å². The summed E-state index contributed by atoms with van der Waals surface area (Å²) in [5.41, 5.74) is -0.605. The van der Waals surface area contributed by atoms with Crippen LogP contribution in [0.2, 0.25) is 0 Å². The summed E-state index contributed by atoms with van der Waals surface area (Å²) >= 11 is 0. The van der Waals surface area contributed by atoms with Crippen LogP contribution in [-0.2, 0) is 0 Å². The molecule has 1 heterocycles. The van der Waals surface area contributed by atoms with E-state index in [2.05, 4.69) is 16.9 Å². The van der Waals surface area contributed by atoms with Gasteiger partial charge in [-0.25, -0.2) is 9.78 Å². The molecule has 1 unspecified atom stereocenters. The number of nitro groups is 1. The van der Waals surface area contributed by atoms with Crippen molar-refractivity contribution >= 4 is 17.5 Å². The Labute approximate surface area is 96.9 Å². The molecular formula is C10H11N3O4. The molecule has 90 valence electrons. The summed E-state index contributed by atoms with van der Waals surface area (Å²) in [6.45, 7) is 5.28. The molecule has 0 radical (unpaired) electrons. The largest absolute Gasteiger partial charge is 0.478 e. The monoisotopic (exact) mass is 237 g/mol. The van der Waals surface area contributed by atoms with Crippen molar-refractivity contribution in [2.45, 2.75) is 13.0 Å². The SMILES string of the molecule is C=CC(C)Nc1ncc([N+](=O)[O-])cc1C(=O)O. The molecule has 1 aromatic rings. The number of carboxylic acid groups (broad SMARTS) is 1. The summed E-state index contributed by atoms with van der Waals surface area (Å²) in [4.78, 5) is 24.5. The van der Waals surface area contributed by atoms with Crippen LogP contribution in [0.1, 0.15) is 17.3 Å². The Bertz CT molecular complexity index is 473. The van der Waals surface area contributed by atoms with Crippen LogP contribution in [-0.4, -0.2) is 27.0 Å². The highest BCUT2D eigenvalue weighted by atomic mass is 16.6. The van der Waals surface area contributed by atoms with Crippen molar-refractivity contribution in [3.63, 3.8) is 0 Å². The minimum atomic E-state index is -1.28. The molecule has 0 amide bonds. The minimum Gasteiger partial charge on any atom is -0.478 e. The summed E-state index contributed by atoms with van der Waals surface area (Å²) in [7, 11) is 0. The number of hydrogen-bond donors (Lipinski definition) is 2. The quantitative estimate of drug-likeness (QED) is 0.458. The van der Waals surface area contributed by atoms with Gasteiger partial charge in [-0.05, 0) is 6.92 Å². The van der Waals surface area contributed by atoms with Crippen LogP contribution < -0.4 is 5.32 Å². The van der Waals surface area contributed by atoms with Gasteiger partial charge in [0.25, 0.3) is 5.69 Å². The molecule has 17 heavy (non-hydrogen) atoms. The first-order valence-corrected chi connectivity index (χ1v) is 4.72. The standard InChI is InChI=1S/C10H11N3O4/c1-3-6(2)12-9-8(10(14)15)4-7(5-11-9)13(16)17/h3-6H,1H2,2H3,(H,11,12)(H,14,15). The van der Waals surface area contributed by atoms with E-state index in [1.54, 1.807) is 13.0 Å². The zero-order valence-electron chi connectivity index (χ0n) is 9.08. The van der Waals surface area contributed by atoms with Crippen molar-refractivity contribution in [1.29, 1.82) is 0 Å². The number of aromatic carboxylic acids is 1. The Morgan fingerprint density at radius 3 is 2.88 bits per heavy atom. The maximum absolute atomic E-state index is 10.9. The molecule has 1 rings (SSSR count). The minimum absolute atomic E-state index is 0.0792. The zero-order valence-corrected chi connectivity index (χ0v) is 9.08. The van der Waals surface area contributed by atoms with Crippen LogP contribution in [0.15, 0.2) is 24.9 Å². The van der Waals surface area contributed by atoms with Crippen LogP contribution in [0.25, 0.3) is 0 Å². The van der Waals surface area contributed by atoms with Crippen molar-refractivity contribution in [3.8, 4) is 0 Å². The molecule has 1 atom stereocenters. The molecule has 0 spiro atoms. The number of pyridine rings is 1. The molecule has 0 aliphatic rings. The smallest absolute Gasteiger partial charge is 0.339 e. The van der Waals surface area contributed by atoms with Crippen LogP contribution >= 0.6 is 0 Å². The van der Waals surface area contributed by atoms with E-state index in [9.17, 15) is 14.9 Å². The number of nitrogens with one attached hydrogen (secondary N) is 1. The lowest BCUT2D eigenvalue weighted by Crippen LogP contribution is -2.16. The van der Waals surface area contributed by atoms with E-state index < -0.39 is 10.9 Å². The van der Waals surface area contributed by atoms with E-state index in [-0.39, 0.29) is 23.1 Å². The first kappa shape index (κ1) is 12.6. The van der Waals surface area contributed by atoms with Crippen molar-refractivity contribution < 1.29 is 14.8 Å². The molecule has 0 aliphatic heterocycles. The van der Waals surface area contributed by atoms with E-state index in [0.717, 1.165) is 12.3 Å². The van der Waals surface area contributed by atoms with Crippen molar-refractivity contribution in [1.82, 2.24) is 4.98 Å². The second-order valence-electron chi connectivity index (χ2n) is 3.32. The second-order valence-corrected chi connectivity index (χ2v) is 3.32. The van der Waals surface area contributed by atoms with Gasteiger partial charge in [-0.2, -0.15) is 0 Å². The number of aromatic nitrogens is 1. The lowest BCUT2D eigenvalue weighted by molar-refractivity contribution is -0.385. The van der Waals surface area contributed by atoms with Gasteiger partial charge in [-0.3, -0.25) is 10.1 Å². The van der Waals surface area contributed by atoms with Gasteiger partial charge >= 0.3 is 5.97 Å². The summed E-state index contributed by atoms with van der Waals surface area (Å²) in [5, 5.41) is 22.2. The fraction of sp³-hybridized carbons (Fsp3) is 0.200. The number of nitrogens with zero attached hydrogens (tertiary/aromatic N) is 2. The zero-order chi connectivity index (χ0) is 13.0. The second kappa shape index (κ2) is 5.06. The van der Waals surface area contributed by atoms with Crippen LogP contribution in [0, 0.1) is 10.1 Å². The maximum atomic E-state index is 10.9. The Hall–Kier alpha value is -2.44. The normalized spacial score (nSPS) is 11.6. The first-order valence-electron chi connectivity index (χ1n) is 4.72. The van der Waals surface area contributed by atoms with Crippen molar-refractivity contribution in [2.75, 3.05) is 5.32 Å². The van der Waals surface area contributed by atoms with Crippen LogP contribution in [0.3, 0.4) is 0 Å². The van der Waals surface area contributed by atoms with Gasteiger partial charge in [0.15, 0.2) is 0 Å². The Morgan fingerprint density at radius 2 is 2.41 bits per heavy atom. The molecule has 0 saturated heterocycles. The molecule has 0 fully saturated rings. The van der Waals surface area contributed by atoms with E-state index in [4.69, 9.17) is 5.11 Å². The van der Waals surface area contributed by atoms with Crippen molar-refractivity contribution in [2.24, 2.45) is 0 Å². The highest BCUT2D eigenvalue weighted by molar-refractivity contribution is 5.93. The molecule has 1 aromatic heterocycles. The molecule has 0 bridgehead atoms. The highest BCUT2D eigenvalue weighted by Crippen LogP contribution is 2.19. The average Bonchev–Trinajstić information content (AvgIpc) is 2.28. The molecule has 0 aliphatic carbocycles. The van der Waals surface area contributed by atoms with E-state index in [1.165, 1.54) is 0 Å². The number of carbonyl (C=O) groups is 1. The molecule has 7 heteroatoms. The third-order valence-corrected chi connectivity index (χ3v) is 2.03. The van der Waals surface area contributed by atoms with E-state index >= 15 is 0 Å². The topological polar surface area (TPSA) is 105 Å². The summed E-state index contributed by atoms with van der Waals surface area (Å²) < 4.78 is 0. The lowest BCUT2D eigenvalue weighted by atomic mass is 10.2. The maximum Gasteiger partial charge on any atom is 0.339 e. The third kappa shape index (κ3) is 3.00. The number of rotatable bonds is 5. The van der Waals surface area contributed by atoms with Gasteiger partial charge in [0.2, 0.25) is 0 Å². The lowest BCUT2D eigenvalue weighted by Gasteiger charge is -2.11. The molecule has 7 nitrogen and oxygen atoms in total. The predicted octanol–water partition coefficient (Wildman–Crippen LogP) is 1.67. The summed E-state index contributed by atoms with van der Waals surface area (Å²) in [6, 6.07) is 0.773. The number of hydrogen-bond acceptors (Lipinski definition) is 5. The molecule has 2 N–H and O–H groups in total. The van der Waals surface area contributed by atoms with Gasteiger partial charge in [-0.1, -0.05) is 6.08 Å². The van der Waals surface area contributed by atoms with E-state index in [0.29, 0.717) is 0 Å². The van der Waals surface area contributed by atoms with Gasteiger partial charge < -0.3 is 10.4 Å². The summed E-state index contributed by atoms with van der Waals surface area (Å²) in [6.07, 6.45) is 2.57. The molecule has 0 aromatic carbocycles. The van der Waals surface area contributed by atoms with Gasteiger partial charge in [0.1, 0.15) is 17.6 Å². The Kier molecular flexibility index (Phi) is 3.76.